The summed E-state index contributed by atoms with van der Waals surface area (Å²) in [4.78, 5) is 3.82. The summed E-state index contributed by atoms with van der Waals surface area (Å²) in [5, 5.41) is 0. The Morgan fingerprint density at radius 2 is 2.08 bits per heavy atom. The number of rotatable bonds is 2. The molecular formula is C10H14FN. The van der Waals surface area contributed by atoms with Crippen molar-refractivity contribution >= 4 is 0 Å². The summed E-state index contributed by atoms with van der Waals surface area (Å²) < 4.78 is 12.8. The molecule has 0 atom stereocenters. The van der Waals surface area contributed by atoms with Crippen molar-refractivity contribution in [2.75, 3.05) is 0 Å². The first-order valence-corrected chi connectivity index (χ1v) is 4.17. The maximum Gasteiger partial charge on any atom is 0.141 e. The molecule has 0 aliphatic rings. The molecule has 1 heterocycles. The van der Waals surface area contributed by atoms with Crippen molar-refractivity contribution in [1.29, 1.82) is 0 Å². The molecule has 0 saturated heterocycles. The maximum atomic E-state index is 12.8. The van der Waals surface area contributed by atoms with Gasteiger partial charge in [0, 0.05) is 6.20 Å². The van der Waals surface area contributed by atoms with Crippen molar-refractivity contribution in [3.63, 3.8) is 0 Å². The molecule has 0 radical (unpaired) electrons. The molecule has 0 bridgehead atoms. The number of hydrogen-bond donors (Lipinski definition) is 0. The van der Waals surface area contributed by atoms with Crippen molar-refractivity contribution in [3.05, 3.63) is 29.8 Å². The molecule has 1 aromatic heterocycles. The van der Waals surface area contributed by atoms with Crippen molar-refractivity contribution in [1.82, 2.24) is 4.98 Å². The molecule has 0 saturated carbocycles. The predicted molar refractivity (Wildman–Crippen MR) is 47.5 cm³/mol. The van der Waals surface area contributed by atoms with Crippen molar-refractivity contribution in [3.8, 4) is 0 Å². The van der Waals surface area contributed by atoms with Crippen LogP contribution >= 0.6 is 0 Å². The van der Waals surface area contributed by atoms with E-state index in [-0.39, 0.29) is 11.2 Å². The van der Waals surface area contributed by atoms with Gasteiger partial charge in [-0.2, -0.15) is 0 Å². The molecule has 0 spiro atoms. The van der Waals surface area contributed by atoms with Gasteiger partial charge in [-0.15, -0.1) is 0 Å². The minimum absolute atomic E-state index is 0.0229. The number of pyridine rings is 1. The zero-order valence-electron chi connectivity index (χ0n) is 7.76. The van der Waals surface area contributed by atoms with Gasteiger partial charge in [0.05, 0.1) is 6.20 Å². The van der Waals surface area contributed by atoms with E-state index in [1.165, 1.54) is 6.20 Å². The van der Waals surface area contributed by atoms with Gasteiger partial charge in [0.2, 0.25) is 0 Å². The minimum Gasteiger partial charge on any atom is -0.261 e. The van der Waals surface area contributed by atoms with Gasteiger partial charge in [0.25, 0.3) is 0 Å². The molecule has 12 heavy (non-hydrogen) atoms. The van der Waals surface area contributed by atoms with Crippen LogP contribution in [0.4, 0.5) is 4.39 Å². The summed E-state index contributed by atoms with van der Waals surface area (Å²) in [5.41, 5.74) is 0.986. The molecule has 0 fully saturated rings. The van der Waals surface area contributed by atoms with E-state index in [4.69, 9.17) is 0 Å². The largest absolute Gasteiger partial charge is 0.261 e. The highest BCUT2D eigenvalue weighted by Gasteiger charge is 2.18. The third-order valence-electron chi connectivity index (χ3n) is 2.37. The average molecular weight is 167 g/mol. The second-order valence-electron chi connectivity index (χ2n) is 3.63. The van der Waals surface area contributed by atoms with Crippen molar-refractivity contribution in [2.24, 2.45) is 0 Å². The van der Waals surface area contributed by atoms with Crippen LogP contribution in [0, 0.1) is 5.82 Å². The van der Waals surface area contributed by atoms with Gasteiger partial charge in [0.1, 0.15) is 5.82 Å². The van der Waals surface area contributed by atoms with Crippen LogP contribution in [0.15, 0.2) is 18.5 Å². The number of nitrogens with zero attached hydrogens (tertiary/aromatic N) is 1. The molecule has 0 unspecified atom stereocenters. The molecule has 0 aliphatic heterocycles. The summed E-state index contributed by atoms with van der Waals surface area (Å²) in [6, 6.07) is 1.55. The van der Waals surface area contributed by atoms with E-state index in [0.717, 1.165) is 12.0 Å². The van der Waals surface area contributed by atoms with E-state index < -0.39 is 0 Å². The monoisotopic (exact) mass is 167 g/mol. The summed E-state index contributed by atoms with van der Waals surface area (Å²) in [7, 11) is 0. The van der Waals surface area contributed by atoms with Gasteiger partial charge >= 0.3 is 0 Å². The fraction of sp³-hybridized carbons (Fsp3) is 0.500. The Labute approximate surface area is 72.6 Å². The normalized spacial score (nSPS) is 11.7. The minimum atomic E-state index is -0.256. The lowest BCUT2D eigenvalue weighted by atomic mass is 9.83. The Morgan fingerprint density at radius 3 is 2.58 bits per heavy atom. The lowest BCUT2D eigenvalue weighted by molar-refractivity contribution is 0.497. The highest BCUT2D eigenvalue weighted by atomic mass is 19.1. The lowest BCUT2D eigenvalue weighted by Gasteiger charge is -2.22. The standard InChI is InChI=1S/C10H14FN/c1-4-10(2,3)8-5-9(11)7-12-6-8/h5-7H,4H2,1-3H3. The van der Waals surface area contributed by atoms with Crippen LogP contribution in [-0.2, 0) is 5.41 Å². The van der Waals surface area contributed by atoms with Gasteiger partial charge in [-0.05, 0) is 23.5 Å². The van der Waals surface area contributed by atoms with E-state index in [1.54, 1.807) is 12.3 Å². The first-order chi connectivity index (χ1) is 5.56. The van der Waals surface area contributed by atoms with Crippen LogP contribution < -0.4 is 0 Å². The maximum absolute atomic E-state index is 12.8. The Kier molecular flexibility index (Phi) is 2.46. The second kappa shape index (κ2) is 3.21. The Hall–Kier alpha value is -0.920. The highest BCUT2D eigenvalue weighted by molar-refractivity contribution is 5.19. The summed E-state index contributed by atoms with van der Waals surface area (Å²) >= 11 is 0. The van der Waals surface area contributed by atoms with Gasteiger partial charge in [-0.25, -0.2) is 4.39 Å². The fourth-order valence-corrected chi connectivity index (χ4v) is 0.986. The second-order valence-corrected chi connectivity index (χ2v) is 3.63. The number of aromatic nitrogens is 1. The van der Waals surface area contributed by atoms with E-state index in [1.807, 2.05) is 0 Å². The van der Waals surface area contributed by atoms with Gasteiger partial charge in [-0.3, -0.25) is 4.98 Å². The summed E-state index contributed by atoms with van der Waals surface area (Å²) in [5.74, 6) is -0.256. The van der Waals surface area contributed by atoms with Crippen LogP contribution in [0.5, 0.6) is 0 Å². The van der Waals surface area contributed by atoms with Crippen LogP contribution in [0.2, 0.25) is 0 Å². The molecule has 66 valence electrons. The molecule has 0 amide bonds. The van der Waals surface area contributed by atoms with Crippen LogP contribution in [0.1, 0.15) is 32.8 Å². The molecular weight excluding hydrogens is 153 g/mol. The summed E-state index contributed by atoms with van der Waals surface area (Å²) in [6.45, 7) is 6.26. The molecule has 1 nitrogen and oxygen atoms in total. The predicted octanol–water partition coefficient (Wildman–Crippen LogP) is 2.91. The van der Waals surface area contributed by atoms with E-state index >= 15 is 0 Å². The Morgan fingerprint density at radius 1 is 1.42 bits per heavy atom. The molecule has 1 rings (SSSR count). The van der Waals surface area contributed by atoms with E-state index in [0.29, 0.717) is 0 Å². The first kappa shape index (κ1) is 9.17. The zero-order chi connectivity index (χ0) is 9.19. The highest BCUT2D eigenvalue weighted by Crippen LogP contribution is 2.25. The lowest BCUT2D eigenvalue weighted by Crippen LogP contribution is -2.15. The molecule has 2 heteroatoms. The van der Waals surface area contributed by atoms with Gasteiger partial charge < -0.3 is 0 Å². The topological polar surface area (TPSA) is 12.9 Å². The fourth-order valence-electron chi connectivity index (χ4n) is 0.986. The van der Waals surface area contributed by atoms with Crippen molar-refractivity contribution < 1.29 is 4.39 Å². The smallest absolute Gasteiger partial charge is 0.141 e. The third kappa shape index (κ3) is 1.81. The zero-order valence-corrected chi connectivity index (χ0v) is 7.76. The molecule has 0 N–H and O–H groups in total. The van der Waals surface area contributed by atoms with Gasteiger partial charge in [0.15, 0.2) is 0 Å². The number of halogens is 1. The van der Waals surface area contributed by atoms with Crippen LogP contribution in [0.25, 0.3) is 0 Å². The Balaban J connectivity index is 3.03. The molecule has 1 aromatic rings. The third-order valence-corrected chi connectivity index (χ3v) is 2.37. The Bertz CT molecular complexity index is 268. The molecule has 0 aliphatic carbocycles. The average Bonchev–Trinajstić information content (AvgIpc) is 2.05. The van der Waals surface area contributed by atoms with Crippen LogP contribution in [0.3, 0.4) is 0 Å². The molecule has 0 aromatic carbocycles. The van der Waals surface area contributed by atoms with Crippen molar-refractivity contribution in [2.45, 2.75) is 32.6 Å². The first-order valence-electron chi connectivity index (χ1n) is 4.17. The van der Waals surface area contributed by atoms with Crippen LogP contribution in [-0.4, -0.2) is 4.98 Å². The van der Waals surface area contributed by atoms with E-state index in [2.05, 4.69) is 25.8 Å². The number of hydrogen-bond acceptors (Lipinski definition) is 1. The van der Waals surface area contributed by atoms with E-state index in [9.17, 15) is 4.39 Å². The van der Waals surface area contributed by atoms with Gasteiger partial charge in [-0.1, -0.05) is 20.8 Å². The summed E-state index contributed by atoms with van der Waals surface area (Å²) in [6.07, 6.45) is 3.94. The SMILES string of the molecule is CCC(C)(C)c1cncc(F)c1. The quantitative estimate of drug-likeness (QED) is 0.660.